The normalized spacial score (nSPS) is 43.2. The number of carbonyl (C=O) groups is 1. The molecule has 4 aliphatic rings. The minimum absolute atomic E-state index is 0.00622. The summed E-state index contributed by atoms with van der Waals surface area (Å²) in [5.41, 5.74) is 3.90. The van der Waals surface area contributed by atoms with Gasteiger partial charge in [-0.25, -0.2) is 0 Å². The fourth-order valence-electron chi connectivity index (χ4n) is 8.28. The molecule has 0 aromatic carbocycles. The highest BCUT2D eigenvalue weighted by Crippen LogP contribution is 2.70. The molecular formula is C29H46O2. The first-order valence-corrected chi connectivity index (χ1v) is 13.1. The summed E-state index contributed by atoms with van der Waals surface area (Å²) in [5.74, 6) is 2.84. The van der Waals surface area contributed by atoms with E-state index in [1.54, 1.807) is 11.1 Å². The van der Waals surface area contributed by atoms with Crippen molar-refractivity contribution in [3.63, 3.8) is 0 Å². The molecule has 174 valence electrons. The van der Waals surface area contributed by atoms with Gasteiger partial charge in [0.05, 0.1) is 0 Å². The number of esters is 1. The number of hydrogen-bond acceptors (Lipinski definition) is 2. The van der Waals surface area contributed by atoms with Crippen molar-refractivity contribution in [2.45, 2.75) is 112 Å². The maximum Gasteiger partial charge on any atom is 0.306 e. The van der Waals surface area contributed by atoms with Crippen LogP contribution in [0, 0.1) is 39.9 Å². The number of ether oxygens (including phenoxy) is 1. The zero-order valence-electron chi connectivity index (χ0n) is 21.2. The van der Waals surface area contributed by atoms with Crippen molar-refractivity contribution < 1.29 is 9.53 Å². The molecule has 1 heterocycles. The van der Waals surface area contributed by atoms with Crippen LogP contribution < -0.4 is 0 Å². The van der Waals surface area contributed by atoms with Crippen LogP contribution in [0.3, 0.4) is 0 Å². The van der Waals surface area contributed by atoms with Gasteiger partial charge in [0.1, 0.15) is 6.10 Å². The second kappa shape index (κ2) is 8.07. The Hall–Kier alpha value is -1.05. The topological polar surface area (TPSA) is 26.3 Å². The zero-order chi connectivity index (χ0) is 22.6. The van der Waals surface area contributed by atoms with Gasteiger partial charge in [0.2, 0.25) is 0 Å². The number of carbonyl (C=O) groups excluding carboxylic acids is 1. The van der Waals surface area contributed by atoms with Crippen LogP contribution in [0.5, 0.6) is 0 Å². The van der Waals surface area contributed by atoms with Crippen LogP contribution in [-0.4, -0.2) is 12.1 Å². The Morgan fingerprint density at radius 3 is 2.52 bits per heavy atom. The average Bonchev–Trinajstić information content (AvgIpc) is 2.91. The van der Waals surface area contributed by atoms with Crippen LogP contribution in [-0.2, 0) is 9.53 Å². The Morgan fingerprint density at radius 1 is 1.06 bits per heavy atom. The molecule has 7 atom stereocenters. The lowest BCUT2D eigenvalue weighted by Gasteiger charge is -2.56. The van der Waals surface area contributed by atoms with Crippen molar-refractivity contribution in [1.29, 1.82) is 0 Å². The Labute approximate surface area is 191 Å². The maximum absolute atomic E-state index is 12.2. The maximum atomic E-state index is 12.2. The monoisotopic (exact) mass is 426 g/mol. The summed E-state index contributed by atoms with van der Waals surface area (Å²) < 4.78 is 5.76. The number of allylic oxidation sites excluding steroid dienone is 4. The quantitative estimate of drug-likeness (QED) is 0.418. The van der Waals surface area contributed by atoms with Crippen molar-refractivity contribution in [2.24, 2.45) is 39.9 Å². The smallest absolute Gasteiger partial charge is 0.306 e. The van der Waals surface area contributed by atoms with E-state index < -0.39 is 0 Å². The third-order valence-electron chi connectivity index (χ3n) is 10.5. The highest BCUT2D eigenvalue weighted by atomic mass is 16.5. The van der Waals surface area contributed by atoms with Gasteiger partial charge in [-0.15, -0.1) is 0 Å². The van der Waals surface area contributed by atoms with Gasteiger partial charge >= 0.3 is 5.97 Å². The molecule has 7 unspecified atom stereocenters. The van der Waals surface area contributed by atoms with Crippen molar-refractivity contribution >= 4 is 5.97 Å². The molecule has 0 amide bonds. The van der Waals surface area contributed by atoms with E-state index in [1.165, 1.54) is 38.5 Å². The second-order valence-electron chi connectivity index (χ2n) is 12.6. The van der Waals surface area contributed by atoms with E-state index in [0.717, 1.165) is 30.6 Å². The van der Waals surface area contributed by atoms with E-state index in [4.69, 9.17) is 4.74 Å². The van der Waals surface area contributed by atoms with E-state index >= 15 is 0 Å². The zero-order valence-corrected chi connectivity index (χ0v) is 21.2. The Kier molecular flexibility index (Phi) is 6.02. The van der Waals surface area contributed by atoms with E-state index in [2.05, 4.69) is 60.6 Å². The van der Waals surface area contributed by atoms with Crippen LogP contribution in [0.15, 0.2) is 23.3 Å². The molecule has 31 heavy (non-hydrogen) atoms. The van der Waals surface area contributed by atoms with Crippen molar-refractivity contribution in [2.75, 3.05) is 0 Å². The molecule has 0 N–H and O–H groups in total. The van der Waals surface area contributed by atoms with Crippen molar-refractivity contribution in [3.8, 4) is 0 Å². The molecule has 0 aromatic heterocycles. The third kappa shape index (κ3) is 3.55. The molecule has 1 saturated heterocycles. The summed E-state index contributed by atoms with van der Waals surface area (Å²) in [6.45, 7) is 17.0. The number of fused-ring (bicyclic) bond motifs is 5. The van der Waals surface area contributed by atoms with Gasteiger partial charge in [0, 0.05) is 12.3 Å². The molecule has 0 bridgehead atoms. The highest BCUT2D eigenvalue weighted by molar-refractivity contribution is 5.70. The fraction of sp³-hybridized carbons (Fsp3) is 0.828. The molecule has 0 aromatic rings. The van der Waals surface area contributed by atoms with Gasteiger partial charge in [-0.1, -0.05) is 73.0 Å². The highest BCUT2D eigenvalue weighted by Gasteiger charge is 2.61. The molecule has 0 spiro atoms. The molecule has 2 nitrogen and oxygen atoms in total. The van der Waals surface area contributed by atoms with Crippen molar-refractivity contribution in [3.05, 3.63) is 23.3 Å². The Morgan fingerprint density at radius 2 is 1.81 bits per heavy atom. The molecule has 0 radical (unpaired) electrons. The van der Waals surface area contributed by atoms with Gasteiger partial charge in [-0.3, -0.25) is 4.79 Å². The van der Waals surface area contributed by atoms with Gasteiger partial charge < -0.3 is 4.74 Å². The summed E-state index contributed by atoms with van der Waals surface area (Å²) in [5, 5.41) is 0. The minimum atomic E-state index is -0.00622. The lowest BCUT2D eigenvalue weighted by Crippen LogP contribution is -2.48. The van der Waals surface area contributed by atoms with Crippen LogP contribution in [0.4, 0.5) is 0 Å². The molecule has 2 fully saturated rings. The molecule has 1 aliphatic heterocycles. The van der Waals surface area contributed by atoms with Crippen molar-refractivity contribution in [1.82, 2.24) is 0 Å². The molecule has 3 aliphatic carbocycles. The summed E-state index contributed by atoms with van der Waals surface area (Å²) >= 11 is 0. The van der Waals surface area contributed by atoms with Gasteiger partial charge in [0.25, 0.3) is 0 Å². The number of rotatable bonds is 5. The van der Waals surface area contributed by atoms with Crippen LogP contribution in [0.2, 0.25) is 0 Å². The average molecular weight is 427 g/mol. The Bertz CT molecular complexity index is 776. The van der Waals surface area contributed by atoms with Gasteiger partial charge in [-0.2, -0.15) is 0 Å². The van der Waals surface area contributed by atoms with Gasteiger partial charge in [-0.05, 0) is 84.2 Å². The van der Waals surface area contributed by atoms with Gasteiger partial charge in [0.15, 0.2) is 0 Å². The number of hydrogen-bond donors (Lipinski definition) is 0. The van der Waals surface area contributed by atoms with E-state index in [0.29, 0.717) is 17.8 Å². The minimum Gasteiger partial charge on any atom is -0.462 e. The largest absolute Gasteiger partial charge is 0.462 e. The number of cyclic esters (lactones) is 1. The fourth-order valence-corrected chi connectivity index (χ4v) is 8.28. The predicted molar refractivity (Wildman–Crippen MR) is 129 cm³/mol. The summed E-state index contributed by atoms with van der Waals surface area (Å²) in [6.07, 6.45) is 15.7. The first-order valence-electron chi connectivity index (χ1n) is 13.1. The first-order chi connectivity index (χ1) is 14.5. The van der Waals surface area contributed by atoms with Crippen LogP contribution in [0.1, 0.15) is 106 Å². The van der Waals surface area contributed by atoms with E-state index in [1.807, 2.05) is 0 Å². The standard InChI is InChI=1S/C29H46O2/c1-19(2)9-8-10-20(3)22-13-17-29(7)25-12-11-23-21(4)31-26(30)15-16-27(23,5)24(25)14-18-28(22,29)6/h12,14,19-23H,8-11,13,15-18H2,1-7H3. The summed E-state index contributed by atoms with van der Waals surface area (Å²) in [4.78, 5) is 12.2. The lowest BCUT2D eigenvalue weighted by molar-refractivity contribution is -0.149. The molecule has 1 saturated carbocycles. The summed E-state index contributed by atoms with van der Waals surface area (Å²) in [6, 6.07) is 0. The third-order valence-corrected chi connectivity index (χ3v) is 10.5. The Balaban J connectivity index is 1.63. The lowest BCUT2D eigenvalue weighted by atomic mass is 9.48. The van der Waals surface area contributed by atoms with Crippen LogP contribution >= 0.6 is 0 Å². The molecule has 2 heteroatoms. The SMILES string of the molecule is CC(C)CCCC(C)C1CCC2(C)C3=CCC4C(C)OC(=O)CCC4(C)C3=CCC12C. The molecular weight excluding hydrogens is 380 g/mol. The summed E-state index contributed by atoms with van der Waals surface area (Å²) in [7, 11) is 0. The predicted octanol–water partition coefficient (Wildman–Crippen LogP) is 7.88. The van der Waals surface area contributed by atoms with E-state index in [-0.39, 0.29) is 22.9 Å². The first kappa shape index (κ1) is 23.1. The van der Waals surface area contributed by atoms with Crippen LogP contribution in [0.25, 0.3) is 0 Å². The van der Waals surface area contributed by atoms with E-state index in [9.17, 15) is 4.79 Å². The second-order valence-corrected chi connectivity index (χ2v) is 12.6. The molecule has 4 rings (SSSR count).